The number of sulfone groups is 1. The molecular weight excluding hydrogens is 352 g/mol. The van der Waals surface area contributed by atoms with Crippen LogP contribution in [0, 0.1) is 0 Å². The molecule has 0 aliphatic carbocycles. The zero-order valence-electron chi connectivity index (χ0n) is 14.4. The standard InChI is InChI=1S/C20H18O5S/c1-24-17-10-9-15-11-14(7-8-16(15)12-17)13-25-20(21)18-5-3-4-6-19(18)26(2,22)23/h3-12H,13H2,1-2H3. The Morgan fingerprint density at radius 3 is 2.38 bits per heavy atom. The molecule has 26 heavy (non-hydrogen) atoms. The predicted molar refractivity (Wildman–Crippen MR) is 99.2 cm³/mol. The Kier molecular flexibility index (Phi) is 4.95. The molecule has 0 saturated carbocycles. The highest BCUT2D eigenvalue weighted by Gasteiger charge is 2.19. The van der Waals surface area contributed by atoms with Gasteiger partial charge in [-0.15, -0.1) is 0 Å². The number of carbonyl (C=O) groups excluding carboxylic acids is 1. The van der Waals surface area contributed by atoms with E-state index in [2.05, 4.69) is 0 Å². The second kappa shape index (κ2) is 7.17. The first-order chi connectivity index (χ1) is 12.4. The Hall–Kier alpha value is -2.86. The fourth-order valence-corrected chi connectivity index (χ4v) is 3.55. The van der Waals surface area contributed by atoms with Crippen LogP contribution in [0.15, 0.2) is 65.6 Å². The van der Waals surface area contributed by atoms with Gasteiger partial charge in [-0.1, -0.05) is 30.3 Å². The van der Waals surface area contributed by atoms with Crippen LogP contribution in [0.4, 0.5) is 0 Å². The van der Waals surface area contributed by atoms with Gasteiger partial charge in [-0.3, -0.25) is 0 Å². The highest BCUT2D eigenvalue weighted by atomic mass is 32.2. The smallest absolute Gasteiger partial charge is 0.339 e. The Morgan fingerprint density at radius 1 is 0.962 bits per heavy atom. The highest BCUT2D eigenvalue weighted by molar-refractivity contribution is 7.90. The Balaban J connectivity index is 1.79. The molecule has 0 heterocycles. The third kappa shape index (κ3) is 3.86. The quantitative estimate of drug-likeness (QED) is 0.642. The fourth-order valence-electron chi connectivity index (χ4n) is 2.68. The molecule has 3 aromatic carbocycles. The maximum atomic E-state index is 12.3. The molecule has 6 heteroatoms. The van der Waals surface area contributed by atoms with E-state index in [-0.39, 0.29) is 17.1 Å². The number of methoxy groups -OCH3 is 1. The van der Waals surface area contributed by atoms with E-state index in [9.17, 15) is 13.2 Å². The van der Waals surface area contributed by atoms with Crippen LogP contribution >= 0.6 is 0 Å². The molecule has 0 radical (unpaired) electrons. The van der Waals surface area contributed by atoms with Gasteiger partial charge in [-0.25, -0.2) is 13.2 Å². The topological polar surface area (TPSA) is 69.7 Å². The van der Waals surface area contributed by atoms with Crippen molar-refractivity contribution < 1.29 is 22.7 Å². The van der Waals surface area contributed by atoms with Crippen molar-refractivity contribution in [2.24, 2.45) is 0 Å². The van der Waals surface area contributed by atoms with Crippen molar-refractivity contribution in [3.05, 3.63) is 71.8 Å². The van der Waals surface area contributed by atoms with Gasteiger partial charge in [0.1, 0.15) is 12.4 Å². The SMILES string of the molecule is COc1ccc2cc(COC(=O)c3ccccc3S(C)(=O)=O)ccc2c1. The molecule has 0 N–H and O–H groups in total. The van der Waals surface area contributed by atoms with Crippen molar-refractivity contribution in [1.82, 2.24) is 0 Å². The molecule has 0 aliphatic heterocycles. The molecule has 0 saturated heterocycles. The Bertz CT molecular complexity index is 1070. The minimum absolute atomic E-state index is 0.0318. The van der Waals surface area contributed by atoms with Gasteiger partial charge >= 0.3 is 5.97 Å². The maximum Gasteiger partial charge on any atom is 0.339 e. The number of carbonyl (C=O) groups is 1. The first-order valence-corrected chi connectivity index (χ1v) is 9.80. The lowest BCUT2D eigenvalue weighted by Crippen LogP contribution is -2.11. The molecule has 0 fully saturated rings. The molecule has 0 spiro atoms. The van der Waals surface area contributed by atoms with Crippen LogP contribution in [0.5, 0.6) is 5.75 Å². The van der Waals surface area contributed by atoms with Crippen LogP contribution in [0.3, 0.4) is 0 Å². The van der Waals surface area contributed by atoms with Crippen LogP contribution in [0.2, 0.25) is 0 Å². The third-order valence-electron chi connectivity index (χ3n) is 3.99. The van der Waals surface area contributed by atoms with Crippen LogP contribution < -0.4 is 4.74 Å². The number of ether oxygens (including phenoxy) is 2. The number of benzene rings is 3. The van der Waals surface area contributed by atoms with E-state index in [1.807, 2.05) is 36.4 Å². The van der Waals surface area contributed by atoms with Gasteiger partial charge in [0.2, 0.25) is 0 Å². The zero-order chi connectivity index (χ0) is 18.7. The minimum atomic E-state index is -3.51. The van der Waals surface area contributed by atoms with E-state index < -0.39 is 15.8 Å². The summed E-state index contributed by atoms with van der Waals surface area (Å²) in [6.45, 7) is 0.0545. The average molecular weight is 370 g/mol. The van der Waals surface area contributed by atoms with Gasteiger partial charge in [0.15, 0.2) is 9.84 Å². The second-order valence-electron chi connectivity index (χ2n) is 5.89. The molecule has 5 nitrogen and oxygen atoms in total. The molecule has 3 aromatic rings. The summed E-state index contributed by atoms with van der Waals surface area (Å²) < 4.78 is 34.1. The maximum absolute atomic E-state index is 12.3. The summed E-state index contributed by atoms with van der Waals surface area (Å²) in [7, 11) is -1.90. The summed E-state index contributed by atoms with van der Waals surface area (Å²) >= 11 is 0. The van der Waals surface area contributed by atoms with Crippen molar-refractivity contribution in [1.29, 1.82) is 0 Å². The van der Waals surface area contributed by atoms with E-state index in [0.29, 0.717) is 0 Å². The van der Waals surface area contributed by atoms with Gasteiger partial charge in [0.05, 0.1) is 17.6 Å². The largest absolute Gasteiger partial charge is 0.497 e. The van der Waals surface area contributed by atoms with Crippen molar-refractivity contribution in [3.63, 3.8) is 0 Å². The van der Waals surface area contributed by atoms with Gasteiger partial charge < -0.3 is 9.47 Å². The normalized spacial score (nSPS) is 11.3. The summed E-state index contributed by atoms with van der Waals surface area (Å²) in [5, 5.41) is 2.01. The molecule has 0 aliphatic rings. The predicted octanol–water partition coefficient (Wildman–Crippen LogP) is 3.61. The number of hydrogen-bond donors (Lipinski definition) is 0. The van der Waals surface area contributed by atoms with Gasteiger partial charge in [-0.05, 0) is 46.7 Å². The van der Waals surface area contributed by atoms with Crippen LogP contribution in [0.25, 0.3) is 10.8 Å². The van der Waals surface area contributed by atoms with Gasteiger partial charge in [0.25, 0.3) is 0 Å². The van der Waals surface area contributed by atoms with Crippen molar-refractivity contribution in [3.8, 4) is 5.75 Å². The molecule has 0 unspecified atom stereocenters. The molecule has 0 amide bonds. The number of fused-ring (bicyclic) bond motifs is 1. The summed E-state index contributed by atoms with van der Waals surface area (Å²) in [5.74, 6) is 0.106. The lowest BCUT2D eigenvalue weighted by molar-refractivity contribution is 0.0468. The first-order valence-electron chi connectivity index (χ1n) is 7.91. The molecule has 3 rings (SSSR count). The number of rotatable bonds is 5. The van der Waals surface area contributed by atoms with Crippen LogP contribution in [-0.2, 0) is 21.2 Å². The van der Waals surface area contributed by atoms with E-state index >= 15 is 0 Å². The molecule has 0 bridgehead atoms. The highest BCUT2D eigenvalue weighted by Crippen LogP contribution is 2.23. The summed E-state index contributed by atoms with van der Waals surface area (Å²) in [4.78, 5) is 12.3. The van der Waals surface area contributed by atoms with Gasteiger partial charge in [-0.2, -0.15) is 0 Å². The monoisotopic (exact) mass is 370 g/mol. The molecule has 0 aromatic heterocycles. The summed E-state index contributed by atoms with van der Waals surface area (Å²) in [6, 6.07) is 17.4. The van der Waals surface area contributed by atoms with E-state index in [1.165, 1.54) is 12.1 Å². The van der Waals surface area contributed by atoms with E-state index in [0.717, 1.165) is 28.3 Å². The lowest BCUT2D eigenvalue weighted by atomic mass is 10.1. The zero-order valence-corrected chi connectivity index (χ0v) is 15.2. The average Bonchev–Trinajstić information content (AvgIpc) is 2.64. The lowest BCUT2D eigenvalue weighted by Gasteiger charge is -2.09. The molecule has 0 atom stereocenters. The van der Waals surface area contributed by atoms with E-state index in [1.54, 1.807) is 19.2 Å². The van der Waals surface area contributed by atoms with Crippen molar-refractivity contribution in [2.75, 3.05) is 13.4 Å². The van der Waals surface area contributed by atoms with Crippen molar-refractivity contribution >= 4 is 26.6 Å². The van der Waals surface area contributed by atoms with Crippen LogP contribution in [0.1, 0.15) is 15.9 Å². The molecular formula is C20H18O5S. The first kappa shape index (κ1) is 17.9. The molecule has 134 valence electrons. The number of esters is 1. The van der Waals surface area contributed by atoms with Crippen LogP contribution in [-0.4, -0.2) is 27.8 Å². The minimum Gasteiger partial charge on any atom is -0.497 e. The summed E-state index contributed by atoms with van der Waals surface area (Å²) in [6.07, 6.45) is 1.07. The Labute approximate surface area is 152 Å². The third-order valence-corrected chi connectivity index (χ3v) is 5.14. The Morgan fingerprint density at radius 2 is 1.65 bits per heavy atom. The number of hydrogen-bond acceptors (Lipinski definition) is 5. The second-order valence-corrected chi connectivity index (χ2v) is 7.88. The fraction of sp³-hybridized carbons (Fsp3) is 0.150. The van der Waals surface area contributed by atoms with Crippen molar-refractivity contribution in [2.45, 2.75) is 11.5 Å². The van der Waals surface area contributed by atoms with E-state index in [4.69, 9.17) is 9.47 Å². The van der Waals surface area contributed by atoms with Gasteiger partial charge in [0, 0.05) is 6.26 Å². The summed E-state index contributed by atoms with van der Waals surface area (Å²) in [5.41, 5.74) is 0.855.